The second-order valence-corrected chi connectivity index (χ2v) is 5.98. The van der Waals surface area contributed by atoms with Crippen molar-refractivity contribution in [3.8, 4) is 5.69 Å². The number of hydrogen-bond donors (Lipinski definition) is 0. The molecule has 3 nitrogen and oxygen atoms in total. The Kier molecular flexibility index (Phi) is 4.43. The van der Waals surface area contributed by atoms with Crippen LogP contribution in [-0.4, -0.2) is 9.78 Å². The van der Waals surface area contributed by atoms with E-state index in [1.54, 1.807) is 6.07 Å². The van der Waals surface area contributed by atoms with Gasteiger partial charge in [-0.05, 0) is 50.1 Å². The summed E-state index contributed by atoms with van der Waals surface area (Å²) in [6.07, 6.45) is 1.98. The van der Waals surface area contributed by atoms with Gasteiger partial charge in [-0.3, -0.25) is 4.79 Å². The van der Waals surface area contributed by atoms with Crippen molar-refractivity contribution in [3.63, 3.8) is 0 Å². The van der Waals surface area contributed by atoms with Gasteiger partial charge in [-0.15, -0.1) is 0 Å². The maximum atomic E-state index is 12.4. The van der Waals surface area contributed by atoms with Crippen LogP contribution >= 0.6 is 0 Å². The van der Waals surface area contributed by atoms with Crippen LogP contribution in [0.1, 0.15) is 29.4 Å². The van der Waals surface area contributed by atoms with E-state index in [0.29, 0.717) is 5.69 Å². The maximum Gasteiger partial charge on any atom is 0.208 e. The largest absolute Gasteiger partial charge is 0.287 e. The molecule has 0 N–H and O–H groups in total. The molecule has 3 rings (SSSR count). The van der Waals surface area contributed by atoms with Crippen LogP contribution in [0.2, 0.25) is 0 Å². The number of aryl methyl sites for hydroxylation is 2. The van der Waals surface area contributed by atoms with Gasteiger partial charge in [0, 0.05) is 11.8 Å². The van der Waals surface area contributed by atoms with Gasteiger partial charge in [-0.2, -0.15) is 5.10 Å². The van der Waals surface area contributed by atoms with Gasteiger partial charge in [-0.1, -0.05) is 48.0 Å². The molecule has 1 aromatic heterocycles. The lowest BCUT2D eigenvalue weighted by atomic mass is 10.1. The average molecular weight is 316 g/mol. The molecule has 3 heteroatoms. The Morgan fingerprint density at radius 3 is 2.33 bits per heavy atom. The maximum absolute atomic E-state index is 12.4. The van der Waals surface area contributed by atoms with Crippen molar-refractivity contribution >= 4 is 11.6 Å². The van der Waals surface area contributed by atoms with Crippen molar-refractivity contribution < 1.29 is 0 Å². The Morgan fingerprint density at radius 2 is 1.67 bits per heavy atom. The van der Waals surface area contributed by atoms with Crippen molar-refractivity contribution in [2.75, 3.05) is 0 Å². The second kappa shape index (κ2) is 6.67. The van der Waals surface area contributed by atoms with E-state index in [9.17, 15) is 4.79 Å². The zero-order valence-electron chi connectivity index (χ0n) is 14.2. The van der Waals surface area contributed by atoms with Crippen LogP contribution < -0.4 is 5.43 Å². The molecule has 0 bridgehead atoms. The van der Waals surface area contributed by atoms with Crippen molar-refractivity contribution in [2.45, 2.75) is 20.8 Å². The second-order valence-electron chi connectivity index (χ2n) is 5.98. The highest BCUT2D eigenvalue weighted by Gasteiger charge is 2.09. The van der Waals surface area contributed by atoms with Crippen LogP contribution in [0.15, 0.2) is 65.5 Å². The summed E-state index contributed by atoms with van der Waals surface area (Å²) in [5, 5.41) is 4.60. The molecule has 0 aliphatic carbocycles. The topological polar surface area (TPSA) is 34.9 Å². The molecule has 0 aliphatic rings. The molecule has 0 saturated carbocycles. The highest BCUT2D eigenvalue weighted by molar-refractivity contribution is 5.78. The Labute approximate surface area is 141 Å². The van der Waals surface area contributed by atoms with Crippen LogP contribution in [-0.2, 0) is 0 Å². The van der Waals surface area contributed by atoms with E-state index in [-0.39, 0.29) is 5.43 Å². The van der Waals surface area contributed by atoms with Crippen LogP contribution in [0.3, 0.4) is 0 Å². The van der Waals surface area contributed by atoms with Gasteiger partial charge in [0.25, 0.3) is 0 Å². The first kappa shape index (κ1) is 15.9. The van der Waals surface area contributed by atoms with E-state index in [1.807, 2.05) is 86.1 Å². The minimum absolute atomic E-state index is 0.0551. The molecular weight excluding hydrogens is 296 g/mol. The van der Waals surface area contributed by atoms with Crippen LogP contribution in [0, 0.1) is 13.8 Å². The van der Waals surface area contributed by atoms with Gasteiger partial charge in [0.2, 0.25) is 5.43 Å². The SMILES string of the molecule is C/C(=C\c1ccccc1)c1nn(-c2ccc(C)cc2)c(C)cc1=O. The zero-order chi connectivity index (χ0) is 17.1. The zero-order valence-corrected chi connectivity index (χ0v) is 14.2. The van der Waals surface area contributed by atoms with Crippen molar-refractivity contribution in [2.24, 2.45) is 0 Å². The molecule has 0 aliphatic heterocycles. The van der Waals surface area contributed by atoms with E-state index >= 15 is 0 Å². The third kappa shape index (κ3) is 3.35. The number of benzene rings is 2. The number of aromatic nitrogens is 2. The van der Waals surface area contributed by atoms with Crippen LogP contribution in [0.4, 0.5) is 0 Å². The van der Waals surface area contributed by atoms with Crippen molar-refractivity contribution in [1.29, 1.82) is 0 Å². The Hall–Kier alpha value is -2.94. The summed E-state index contributed by atoms with van der Waals surface area (Å²) in [7, 11) is 0. The molecule has 0 fully saturated rings. The number of nitrogens with zero attached hydrogens (tertiary/aromatic N) is 2. The van der Waals surface area contributed by atoms with E-state index in [1.165, 1.54) is 5.56 Å². The fourth-order valence-electron chi connectivity index (χ4n) is 2.64. The lowest BCUT2D eigenvalue weighted by Crippen LogP contribution is -2.17. The van der Waals surface area contributed by atoms with Gasteiger partial charge in [0.1, 0.15) is 5.69 Å². The highest BCUT2D eigenvalue weighted by atomic mass is 16.1. The standard InChI is InChI=1S/C21H20N2O/c1-15-9-11-19(12-10-15)23-17(3)14-20(24)21(22-23)16(2)13-18-7-5-4-6-8-18/h4-14H,1-3H3/b16-13+. The van der Waals surface area contributed by atoms with E-state index in [0.717, 1.165) is 22.5 Å². The minimum Gasteiger partial charge on any atom is -0.287 e. The smallest absolute Gasteiger partial charge is 0.208 e. The molecule has 1 heterocycles. The average Bonchev–Trinajstić information content (AvgIpc) is 2.57. The lowest BCUT2D eigenvalue weighted by Gasteiger charge is -2.12. The van der Waals surface area contributed by atoms with E-state index < -0.39 is 0 Å². The summed E-state index contributed by atoms with van der Waals surface area (Å²) < 4.78 is 1.82. The first-order chi connectivity index (χ1) is 11.5. The van der Waals surface area contributed by atoms with Gasteiger partial charge in [0.05, 0.1) is 5.69 Å². The highest BCUT2D eigenvalue weighted by Crippen LogP contribution is 2.15. The number of rotatable bonds is 3. The lowest BCUT2D eigenvalue weighted by molar-refractivity contribution is 0.790. The summed E-state index contributed by atoms with van der Waals surface area (Å²) in [6, 6.07) is 19.7. The van der Waals surface area contributed by atoms with Crippen molar-refractivity contribution in [1.82, 2.24) is 9.78 Å². The molecular formula is C21H20N2O. The molecule has 0 radical (unpaired) electrons. The predicted octanol–water partition coefficient (Wildman–Crippen LogP) is 4.41. The van der Waals surface area contributed by atoms with Crippen molar-refractivity contribution in [3.05, 3.63) is 93.4 Å². The Balaban J connectivity index is 2.09. The first-order valence-corrected chi connectivity index (χ1v) is 7.96. The van der Waals surface area contributed by atoms with Gasteiger partial charge in [0.15, 0.2) is 0 Å². The first-order valence-electron chi connectivity index (χ1n) is 7.96. The summed E-state index contributed by atoms with van der Waals surface area (Å²) >= 11 is 0. The Morgan fingerprint density at radius 1 is 1.00 bits per heavy atom. The molecule has 0 unspecified atom stereocenters. The fraction of sp³-hybridized carbons (Fsp3) is 0.143. The van der Waals surface area contributed by atoms with Gasteiger partial charge < -0.3 is 0 Å². The molecule has 3 aromatic rings. The predicted molar refractivity (Wildman–Crippen MR) is 99.3 cm³/mol. The molecule has 0 spiro atoms. The summed E-state index contributed by atoms with van der Waals surface area (Å²) in [5.41, 5.74) is 5.29. The summed E-state index contributed by atoms with van der Waals surface area (Å²) in [5.74, 6) is 0. The minimum atomic E-state index is -0.0551. The molecule has 0 amide bonds. The molecule has 24 heavy (non-hydrogen) atoms. The van der Waals surface area contributed by atoms with Gasteiger partial charge in [-0.25, -0.2) is 4.68 Å². The number of hydrogen-bond acceptors (Lipinski definition) is 2. The van der Waals surface area contributed by atoms with Gasteiger partial charge >= 0.3 is 0 Å². The normalized spacial score (nSPS) is 11.5. The Bertz CT molecular complexity index is 936. The quantitative estimate of drug-likeness (QED) is 0.717. The fourth-order valence-corrected chi connectivity index (χ4v) is 2.64. The third-order valence-electron chi connectivity index (χ3n) is 3.94. The molecule has 0 saturated heterocycles. The molecule has 2 aromatic carbocycles. The molecule has 120 valence electrons. The van der Waals surface area contributed by atoms with Crippen LogP contribution in [0.25, 0.3) is 17.3 Å². The number of allylic oxidation sites excluding steroid dienone is 1. The van der Waals surface area contributed by atoms with Crippen LogP contribution in [0.5, 0.6) is 0 Å². The van der Waals surface area contributed by atoms with E-state index in [2.05, 4.69) is 5.10 Å². The van der Waals surface area contributed by atoms with E-state index in [4.69, 9.17) is 0 Å². The molecule has 0 atom stereocenters. The summed E-state index contributed by atoms with van der Waals surface area (Å²) in [6.45, 7) is 5.87. The summed E-state index contributed by atoms with van der Waals surface area (Å²) in [4.78, 5) is 12.4. The third-order valence-corrected chi connectivity index (χ3v) is 3.94. The monoisotopic (exact) mass is 316 g/mol.